The molecule has 0 amide bonds. The predicted octanol–water partition coefficient (Wildman–Crippen LogP) is 2.92. The molecule has 56 valence electrons. The second-order valence-corrected chi connectivity index (χ2v) is 1.97. The van der Waals surface area contributed by atoms with Crippen LogP contribution in [-0.2, 0) is 0 Å². The van der Waals surface area contributed by atoms with Gasteiger partial charge >= 0.3 is 0 Å². The van der Waals surface area contributed by atoms with Crippen LogP contribution >= 0.6 is 0 Å². The minimum absolute atomic E-state index is 0. The average molecular weight is 129 g/mol. The molecule has 0 rings (SSSR count). The van der Waals surface area contributed by atoms with Gasteiger partial charge in [-0.05, 0) is 27.0 Å². The fraction of sp³-hybridized carbons (Fsp3) is 0.625. The van der Waals surface area contributed by atoms with Crippen molar-refractivity contribution in [2.24, 2.45) is 4.99 Å². The third kappa shape index (κ3) is 37.3. The van der Waals surface area contributed by atoms with Gasteiger partial charge in [-0.15, -0.1) is 6.58 Å². The summed E-state index contributed by atoms with van der Waals surface area (Å²) in [6.45, 7) is 12.8. The van der Waals surface area contributed by atoms with Gasteiger partial charge in [-0.1, -0.05) is 13.0 Å². The number of allylic oxidation sites excluding steroid dienone is 1. The van der Waals surface area contributed by atoms with Crippen molar-refractivity contribution in [3.63, 3.8) is 0 Å². The van der Waals surface area contributed by atoms with E-state index in [4.69, 9.17) is 0 Å². The third-order valence-electron chi connectivity index (χ3n) is 0.654. The summed E-state index contributed by atoms with van der Waals surface area (Å²) < 4.78 is 0. The molecule has 0 spiro atoms. The monoisotopic (exact) mass is 129 g/mol. The van der Waals surface area contributed by atoms with E-state index in [1.165, 1.54) is 0 Å². The quantitative estimate of drug-likeness (QED) is 0.401. The molecule has 0 radical (unpaired) electrons. The van der Waals surface area contributed by atoms with E-state index in [1.54, 1.807) is 0 Å². The highest BCUT2D eigenvalue weighted by Gasteiger charge is 1.74. The van der Waals surface area contributed by atoms with Crippen molar-refractivity contribution in [2.45, 2.75) is 33.2 Å². The van der Waals surface area contributed by atoms with E-state index >= 15 is 0 Å². The predicted molar refractivity (Wildman–Crippen MR) is 47.3 cm³/mol. The molecule has 1 nitrogen and oxygen atoms in total. The Morgan fingerprint density at radius 1 is 1.67 bits per heavy atom. The van der Waals surface area contributed by atoms with Gasteiger partial charge < -0.3 is 0 Å². The summed E-state index contributed by atoms with van der Waals surface area (Å²) in [7, 11) is 0. The van der Waals surface area contributed by atoms with Gasteiger partial charge in [0.1, 0.15) is 0 Å². The van der Waals surface area contributed by atoms with Crippen molar-refractivity contribution in [2.75, 3.05) is 0 Å². The number of aliphatic imine (C=N–C) groups is 1. The first-order valence-corrected chi connectivity index (χ1v) is 3.25. The Kier molecular flexibility index (Phi) is 13.0. The number of hydrogen-bond donors (Lipinski definition) is 0. The Morgan fingerprint density at radius 3 is 1.89 bits per heavy atom. The van der Waals surface area contributed by atoms with Crippen molar-refractivity contribution in [1.82, 2.24) is 0 Å². The van der Waals surface area contributed by atoms with Crippen LogP contribution in [0, 0.1) is 0 Å². The maximum Gasteiger partial charge on any atom is 0.0436 e. The first-order valence-electron chi connectivity index (χ1n) is 3.25. The molecule has 0 unspecified atom stereocenters. The Hall–Kier alpha value is -0.590. The Labute approximate surface area is 60.0 Å². The van der Waals surface area contributed by atoms with Gasteiger partial charge in [-0.2, -0.15) is 0 Å². The molecule has 0 N–H and O–H groups in total. The van der Waals surface area contributed by atoms with E-state index in [-0.39, 0.29) is 1.43 Å². The van der Waals surface area contributed by atoms with E-state index in [2.05, 4.69) is 25.2 Å². The molecule has 1 heteroatoms. The van der Waals surface area contributed by atoms with Crippen LogP contribution in [0.15, 0.2) is 17.6 Å². The summed E-state index contributed by atoms with van der Waals surface area (Å²) in [5, 5.41) is 0. The number of rotatable bonds is 2. The molecule has 0 saturated carbocycles. The summed E-state index contributed by atoms with van der Waals surface area (Å²) in [5.41, 5.74) is 0. The van der Waals surface area contributed by atoms with Gasteiger partial charge in [0.15, 0.2) is 0 Å². The number of nitrogens with zero attached hydrogens (tertiary/aromatic N) is 1. The van der Waals surface area contributed by atoms with Crippen LogP contribution in [0.2, 0.25) is 0 Å². The molecule has 0 atom stereocenters. The molecule has 0 aromatic carbocycles. The molecule has 9 heavy (non-hydrogen) atoms. The maximum atomic E-state index is 3.64. The average Bonchev–Trinajstić information content (AvgIpc) is 1.89. The zero-order valence-corrected chi connectivity index (χ0v) is 6.72. The van der Waals surface area contributed by atoms with Crippen LogP contribution in [0.4, 0.5) is 0 Å². The normalized spacial score (nSPS) is 7.56. The molecule has 0 aromatic rings. The smallest absolute Gasteiger partial charge is 0.0436 e. The first kappa shape index (κ1) is 11.2. The van der Waals surface area contributed by atoms with Crippen molar-refractivity contribution >= 4 is 6.72 Å². The minimum atomic E-state index is 0. The lowest BCUT2D eigenvalue weighted by molar-refractivity contribution is 0.844. The largest absolute Gasteiger partial charge is 0.298 e. The lowest BCUT2D eigenvalue weighted by atomic mass is 10.4. The fourth-order valence-electron chi connectivity index (χ4n) is 0. The van der Waals surface area contributed by atoms with E-state index in [0.29, 0.717) is 6.04 Å². The highest BCUT2D eigenvalue weighted by Crippen LogP contribution is 1.77. The zero-order valence-electron chi connectivity index (χ0n) is 6.72. The molecule has 0 saturated heterocycles. The summed E-state index contributed by atoms with van der Waals surface area (Å²) in [4.78, 5) is 3.64. The van der Waals surface area contributed by atoms with Crippen molar-refractivity contribution in [3.05, 3.63) is 12.7 Å². The molecule has 0 heterocycles. The highest BCUT2D eigenvalue weighted by molar-refractivity contribution is 5.23. The molecular weight excluding hydrogens is 110 g/mol. The lowest BCUT2D eigenvalue weighted by Gasteiger charge is -1.85. The van der Waals surface area contributed by atoms with E-state index in [1.807, 2.05) is 19.9 Å². The molecule has 0 aliphatic carbocycles. The maximum absolute atomic E-state index is 3.64. The van der Waals surface area contributed by atoms with Crippen LogP contribution in [0.1, 0.15) is 28.6 Å². The van der Waals surface area contributed by atoms with Crippen molar-refractivity contribution < 1.29 is 1.43 Å². The van der Waals surface area contributed by atoms with Crippen LogP contribution in [0.3, 0.4) is 0 Å². The standard InChI is InChI=1S/C4H9N.C4H8.H2/c1-4(2)5-3;1-3-4-2;/h4H,3H2,1-2H3;3H,1,4H2,2H3;1H. The van der Waals surface area contributed by atoms with E-state index < -0.39 is 0 Å². The van der Waals surface area contributed by atoms with Gasteiger partial charge in [0.05, 0.1) is 0 Å². The highest BCUT2D eigenvalue weighted by atomic mass is 14.7. The molecular formula is C8H19N. The van der Waals surface area contributed by atoms with Gasteiger partial charge in [-0.3, -0.25) is 4.99 Å². The Balaban J connectivity index is -0.0000000910. The minimum Gasteiger partial charge on any atom is -0.298 e. The summed E-state index contributed by atoms with van der Waals surface area (Å²) >= 11 is 0. The van der Waals surface area contributed by atoms with Crippen LogP contribution in [0.25, 0.3) is 0 Å². The SMILES string of the molecule is C=CCC.C=NC(C)C.[HH]. The Bertz CT molecular complexity index is 69.7. The second-order valence-electron chi connectivity index (χ2n) is 1.97. The molecule has 0 bridgehead atoms. The summed E-state index contributed by atoms with van der Waals surface area (Å²) in [6, 6.07) is 0.398. The number of hydrogen-bond acceptors (Lipinski definition) is 1. The topological polar surface area (TPSA) is 12.4 Å². The first-order chi connectivity index (χ1) is 4.18. The Morgan fingerprint density at radius 2 is 1.89 bits per heavy atom. The molecule has 0 aliphatic heterocycles. The fourth-order valence-corrected chi connectivity index (χ4v) is 0. The van der Waals surface area contributed by atoms with Gasteiger partial charge in [0.25, 0.3) is 0 Å². The van der Waals surface area contributed by atoms with E-state index in [9.17, 15) is 0 Å². The van der Waals surface area contributed by atoms with Crippen LogP contribution in [0.5, 0.6) is 0 Å². The zero-order chi connectivity index (χ0) is 7.70. The summed E-state index contributed by atoms with van der Waals surface area (Å²) in [6.07, 6.45) is 2.96. The van der Waals surface area contributed by atoms with Gasteiger partial charge in [0, 0.05) is 7.47 Å². The third-order valence-corrected chi connectivity index (χ3v) is 0.654. The van der Waals surface area contributed by atoms with Crippen molar-refractivity contribution in [1.29, 1.82) is 0 Å². The van der Waals surface area contributed by atoms with Crippen molar-refractivity contribution in [3.8, 4) is 0 Å². The van der Waals surface area contributed by atoms with Gasteiger partial charge in [0.2, 0.25) is 0 Å². The molecule has 0 aliphatic rings. The van der Waals surface area contributed by atoms with E-state index in [0.717, 1.165) is 6.42 Å². The van der Waals surface area contributed by atoms with Gasteiger partial charge in [-0.25, -0.2) is 0 Å². The van der Waals surface area contributed by atoms with Crippen LogP contribution < -0.4 is 0 Å². The lowest BCUT2D eigenvalue weighted by Crippen LogP contribution is -1.82. The molecule has 0 aromatic heterocycles. The molecule has 0 fully saturated rings. The van der Waals surface area contributed by atoms with Crippen LogP contribution in [-0.4, -0.2) is 12.8 Å². The second kappa shape index (κ2) is 10.4. The summed E-state index contributed by atoms with van der Waals surface area (Å²) in [5.74, 6) is 0.